The van der Waals surface area contributed by atoms with Crippen LogP contribution >= 0.6 is 0 Å². The third kappa shape index (κ3) is 3.84. The van der Waals surface area contributed by atoms with Gasteiger partial charge in [-0.15, -0.1) is 0 Å². The lowest BCUT2D eigenvalue weighted by molar-refractivity contribution is -0.207. The average Bonchev–Trinajstić information content (AvgIpc) is 3.06. The minimum Gasteiger partial charge on any atom is -0.462 e. The number of fused-ring (bicyclic) bond motifs is 2. The molecule has 0 bridgehead atoms. The van der Waals surface area contributed by atoms with E-state index in [9.17, 15) is 19.8 Å². The summed E-state index contributed by atoms with van der Waals surface area (Å²) in [5.41, 5.74) is -0.922. The molecular formula is C32H50O7. The molecular weight excluding hydrogens is 496 g/mol. The van der Waals surface area contributed by atoms with E-state index in [2.05, 4.69) is 20.8 Å². The van der Waals surface area contributed by atoms with Crippen LogP contribution in [0.4, 0.5) is 0 Å². The molecule has 6 rings (SSSR count). The molecule has 0 aromatic heterocycles. The maximum atomic E-state index is 12.4. The number of hydrogen-bond donors (Lipinski definition) is 2. The molecule has 6 aliphatic rings. The van der Waals surface area contributed by atoms with Crippen LogP contribution in [0.15, 0.2) is 0 Å². The Kier molecular flexibility index (Phi) is 6.22. The first-order valence-corrected chi connectivity index (χ1v) is 15.5. The summed E-state index contributed by atoms with van der Waals surface area (Å²) in [6, 6.07) is 0. The molecule has 0 aromatic rings. The van der Waals surface area contributed by atoms with Crippen molar-refractivity contribution in [2.75, 3.05) is 0 Å². The van der Waals surface area contributed by atoms with Crippen molar-refractivity contribution < 1.29 is 34.0 Å². The van der Waals surface area contributed by atoms with E-state index < -0.39 is 11.7 Å². The van der Waals surface area contributed by atoms with E-state index in [-0.39, 0.29) is 69.9 Å². The summed E-state index contributed by atoms with van der Waals surface area (Å²) in [6.45, 7) is 13.5. The van der Waals surface area contributed by atoms with Gasteiger partial charge in [0.05, 0.1) is 23.9 Å². The van der Waals surface area contributed by atoms with E-state index in [4.69, 9.17) is 14.2 Å². The maximum Gasteiger partial charge on any atom is 0.302 e. The van der Waals surface area contributed by atoms with Crippen molar-refractivity contribution in [1.82, 2.24) is 0 Å². The summed E-state index contributed by atoms with van der Waals surface area (Å²) in [5.74, 6) is 0.470. The van der Waals surface area contributed by atoms with Gasteiger partial charge in [-0.3, -0.25) is 9.59 Å². The molecule has 3 unspecified atom stereocenters. The summed E-state index contributed by atoms with van der Waals surface area (Å²) < 4.78 is 18.5. The number of rotatable bonds is 4. The number of aliphatic hydroxyl groups excluding tert-OH is 1. The lowest BCUT2D eigenvalue weighted by Gasteiger charge is -2.61. The lowest BCUT2D eigenvalue weighted by Crippen LogP contribution is -2.60. The molecule has 1 aliphatic heterocycles. The SMILES string of the molecule is CC(=O)O[C@H]1C[C@H]2C3C[C@H](O)[C@H](C4CC[C@@H](C(C)(C)O)O4)[C@@]3(C)CCC23C[C@@]32CC[C@H](OC(C)=O)C(C)(C)[C@H]12. The zero-order valence-electron chi connectivity index (χ0n) is 25.0. The first-order chi connectivity index (χ1) is 18.1. The smallest absolute Gasteiger partial charge is 0.302 e. The predicted molar refractivity (Wildman–Crippen MR) is 144 cm³/mol. The molecule has 2 spiro atoms. The molecule has 5 aliphatic carbocycles. The summed E-state index contributed by atoms with van der Waals surface area (Å²) in [6.07, 6.45) is 7.46. The molecule has 0 radical (unpaired) electrons. The first kappa shape index (κ1) is 28.0. The summed E-state index contributed by atoms with van der Waals surface area (Å²) >= 11 is 0. The topological polar surface area (TPSA) is 102 Å². The summed E-state index contributed by atoms with van der Waals surface area (Å²) in [5, 5.41) is 22.2. The monoisotopic (exact) mass is 546 g/mol. The van der Waals surface area contributed by atoms with Crippen molar-refractivity contribution in [3.63, 3.8) is 0 Å². The summed E-state index contributed by atoms with van der Waals surface area (Å²) in [7, 11) is 0. The van der Waals surface area contributed by atoms with E-state index in [1.165, 1.54) is 13.8 Å². The average molecular weight is 547 g/mol. The number of carbonyl (C=O) groups excluding carboxylic acids is 2. The molecule has 12 atom stereocenters. The van der Waals surface area contributed by atoms with Gasteiger partial charge in [0, 0.05) is 31.1 Å². The van der Waals surface area contributed by atoms with Crippen molar-refractivity contribution in [2.24, 2.45) is 45.3 Å². The van der Waals surface area contributed by atoms with Gasteiger partial charge >= 0.3 is 11.9 Å². The first-order valence-electron chi connectivity index (χ1n) is 15.5. The summed E-state index contributed by atoms with van der Waals surface area (Å²) in [4.78, 5) is 24.4. The molecule has 39 heavy (non-hydrogen) atoms. The standard InChI is InChI=1S/C32H50O7/c1-17(33)37-23-15-20-19-14-21(35)26(22-8-9-25(39-22)29(5,6)36)30(19,7)12-13-31(20)16-32(31)11-10-24(38-18(2)34)28(3,4)27(23)32/h19-27,35-36H,8-16H2,1-7H3/t19?,20-,21-,22?,23-,24-,25-,26+,27-,30-,31?,32+/m0/s1. The fourth-order valence-electron chi connectivity index (χ4n) is 11.8. The van der Waals surface area contributed by atoms with Gasteiger partial charge in [-0.1, -0.05) is 20.8 Å². The second-order valence-electron chi connectivity index (χ2n) is 15.8. The third-order valence-electron chi connectivity index (χ3n) is 13.1. The highest BCUT2D eigenvalue weighted by molar-refractivity contribution is 5.67. The molecule has 5 saturated carbocycles. The molecule has 1 saturated heterocycles. The Hall–Kier alpha value is -1.18. The van der Waals surface area contributed by atoms with E-state index in [1.807, 2.05) is 13.8 Å². The normalized spacial score (nSPS) is 51.7. The Morgan fingerprint density at radius 3 is 2.21 bits per heavy atom. The van der Waals surface area contributed by atoms with Crippen LogP contribution in [0.25, 0.3) is 0 Å². The number of aliphatic hydroxyl groups is 2. The maximum absolute atomic E-state index is 12.4. The highest BCUT2D eigenvalue weighted by Crippen LogP contribution is 2.87. The van der Waals surface area contributed by atoms with E-state index in [0.29, 0.717) is 11.8 Å². The predicted octanol–water partition coefficient (Wildman–Crippen LogP) is 4.80. The van der Waals surface area contributed by atoms with Crippen LogP contribution in [-0.4, -0.2) is 58.3 Å². The zero-order chi connectivity index (χ0) is 28.3. The van der Waals surface area contributed by atoms with E-state index in [1.54, 1.807) is 0 Å². The van der Waals surface area contributed by atoms with Gasteiger partial charge in [0.15, 0.2) is 0 Å². The highest BCUT2D eigenvalue weighted by Gasteiger charge is 2.83. The van der Waals surface area contributed by atoms with E-state index in [0.717, 1.165) is 57.8 Å². The second-order valence-corrected chi connectivity index (χ2v) is 15.8. The van der Waals surface area contributed by atoms with Gasteiger partial charge in [-0.2, -0.15) is 0 Å². The highest BCUT2D eigenvalue weighted by atomic mass is 16.6. The fraction of sp³-hybridized carbons (Fsp3) is 0.938. The molecule has 0 amide bonds. The van der Waals surface area contributed by atoms with Crippen LogP contribution in [0, 0.1) is 45.3 Å². The molecule has 0 aromatic carbocycles. The van der Waals surface area contributed by atoms with Gasteiger partial charge in [0.1, 0.15) is 12.2 Å². The van der Waals surface area contributed by atoms with Crippen LogP contribution < -0.4 is 0 Å². The van der Waals surface area contributed by atoms with Gasteiger partial charge in [-0.05, 0) is 99.7 Å². The largest absolute Gasteiger partial charge is 0.462 e. The number of esters is 2. The van der Waals surface area contributed by atoms with Gasteiger partial charge in [0.2, 0.25) is 0 Å². The van der Waals surface area contributed by atoms with Crippen molar-refractivity contribution >= 4 is 11.9 Å². The molecule has 2 N–H and O–H groups in total. The molecule has 6 fully saturated rings. The van der Waals surface area contributed by atoms with Gasteiger partial charge in [0.25, 0.3) is 0 Å². The second kappa shape index (κ2) is 8.67. The molecule has 7 nitrogen and oxygen atoms in total. The van der Waals surface area contributed by atoms with Crippen molar-refractivity contribution in [3.8, 4) is 0 Å². The quantitative estimate of drug-likeness (QED) is 0.489. The minimum absolute atomic E-state index is 0.0349. The van der Waals surface area contributed by atoms with Crippen molar-refractivity contribution in [2.45, 2.75) is 142 Å². The van der Waals surface area contributed by atoms with Crippen LogP contribution in [0.3, 0.4) is 0 Å². The molecule has 220 valence electrons. The van der Waals surface area contributed by atoms with Gasteiger partial charge < -0.3 is 24.4 Å². The van der Waals surface area contributed by atoms with Crippen LogP contribution in [0.2, 0.25) is 0 Å². The lowest BCUT2D eigenvalue weighted by atomic mass is 9.45. The van der Waals surface area contributed by atoms with Crippen molar-refractivity contribution in [3.05, 3.63) is 0 Å². The molecule has 7 heteroatoms. The van der Waals surface area contributed by atoms with Crippen LogP contribution in [0.1, 0.15) is 106 Å². The Morgan fingerprint density at radius 1 is 0.897 bits per heavy atom. The Labute approximate surface area is 233 Å². The molecule has 1 heterocycles. The van der Waals surface area contributed by atoms with E-state index >= 15 is 0 Å². The fourth-order valence-corrected chi connectivity index (χ4v) is 11.8. The number of carbonyl (C=O) groups is 2. The number of hydrogen-bond acceptors (Lipinski definition) is 7. The Morgan fingerprint density at radius 2 is 1.59 bits per heavy atom. The Balaban J connectivity index is 1.32. The Bertz CT molecular complexity index is 1030. The minimum atomic E-state index is -0.886. The van der Waals surface area contributed by atoms with Gasteiger partial charge in [-0.25, -0.2) is 0 Å². The number of ether oxygens (including phenoxy) is 3. The van der Waals surface area contributed by atoms with Crippen molar-refractivity contribution in [1.29, 1.82) is 0 Å². The van der Waals surface area contributed by atoms with Crippen LogP contribution in [0.5, 0.6) is 0 Å². The third-order valence-corrected chi connectivity index (χ3v) is 13.1. The zero-order valence-corrected chi connectivity index (χ0v) is 25.0. The van der Waals surface area contributed by atoms with Crippen LogP contribution in [-0.2, 0) is 23.8 Å².